The van der Waals surface area contributed by atoms with Crippen LogP contribution in [0.15, 0.2) is 40.1 Å². The van der Waals surface area contributed by atoms with Gasteiger partial charge in [0.15, 0.2) is 9.84 Å². The standard InChI is InChI=1S/C27H34FN3O7S2/c28-23-16-22(40(29,35)36)8-9-25(23)39(33,34)17-18-10-12-31(13-11-18)27(32)20-14-24(19-6-7-19)30-26(15-20)38-37-21-4-2-1-3-5-21/h8-9,14-16,18-19,21H,1-7,10-13,17H2,(H2,29,35,36). The Hall–Kier alpha value is -2.61. The van der Waals surface area contributed by atoms with E-state index < -0.39 is 35.5 Å². The van der Waals surface area contributed by atoms with Crippen LogP contribution in [0.2, 0.25) is 0 Å². The summed E-state index contributed by atoms with van der Waals surface area (Å²) in [5, 5.41) is 5.00. The Balaban J connectivity index is 1.21. The molecule has 2 aliphatic carbocycles. The first kappa shape index (κ1) is 28.9. The van der Waals surface area contributed by atoms with Crippen molar-refractivity contribution in [2.24, 2.45) is 11.1 Å². The lowest BCUT2D eigenvalue weighted by Crippen LogP contribution is -2.40. The predicted octanol–water partition coefficient (Wildman–Crippen LogP) is 3.71. The van der Waals surface area contributed by atoms with Crippen molar-refractivity contribution in [1.29, 1.82) is 0 Å². The second-order valence-electron chi connectivity index (χ2n) is 11.0. The molecule has 10 nitrogen and oxygen atoms in total. The lowest BCUT2D eigenvalue weighted by Gasteiger charge is -2.32. The minimum atomic E-state index is -4.16. The number of pyridine rings is 1. The van der Waals surface area contributed by atoms with E-state index in [0.29, 0.717) is 43.5 Å². The highest BCUT2D eigenvalue weighted by molar-refractivity contribution is 7.91. The molecule has 3 fully saturated rings. The van der Waals surface area contributed by atoms with E-state index in [0.717, 1.165) is 56.4 Å². The van der Waals surface area contributed by atoms with Crippen molar-refractivity contribution in [2.75, 3.05) is 18.8 Å². The zero-order valence-corrected chi connectivity index (χ0v) is 23.8. The minimum absolute atomic E-state index is 0.0229. The molecule has 0 bridgehead atoms. The summed E-state index contributed by atoms with van der Waals surface area (Å²) in [7, 11) is -8.18. The van der Waals surface area contributed by atoms with E-state index in [1.807, 2.05) is 0 Å². The fourth-order valence-electron chi connectivity index (χ4n) is 5.36. The number of primary sulfonamides is 1. The average Bonchev–Trinajstić information content (AvgIpc) is 3.77. The maximum atomic E-state index is 14.5. The van der Waals surface area contributed by atoms with E-state index in [2.05, 4.69) is 4.98 Å². The van der Waals surface area contributed by atoms with Gasteiger partial charge in [0, 0.05) is 36.3 Å². The molecule has 0 radical (unpaired) electrons. The fourth-order valence-corrected chi connectivity index (χ4v) is 7.65. The van der Waals surface area contributed by atoms with Crippen molar-refractivity contribution in [1.82, 2.24) is 9.88 Å². The largest absolute Gasteiger partial charge is 0.339 e. The van der Waals surface area contributed by atoms with Gasteiger partial charge in [-0.1, -0.05) is 19.3 Å². The molecule has 0 atom stereocenters. The Morgan fingerprint density at radius 3 is 2.30 bits per heavy atom. The monoisotopic (exact) mass is 595 g/mol. The number of aromatic nitrogens is 1. The molecule has 0 spiro atoms. The van der Waals surface area contributed by atoms with Crippen LogP contribution < -0.4 is 10.0 Å². The number of nitrogens with two attached hydrogens (primary N) is 1. The summed E-state index contributed by atoms with van der Waals surface area (Å²) in [6.07, 6.45) is 8.18. The third kappa shape index (κ3) is 6.99. The number of carbonyl (C=O) groups excluding carboxylic acids is 1. The Morgan fingerprint density at radius 1 is 0.975 bits per heavy atom. The van der Waals surface area contributed by atoms with Gasteiger partial charge < -0.3 is 9.79 Å². The first-order valence-corrected chi connectivity index (χ1v) is 16.9. The number of likely N-dealkylation sites (tertiary alicyclic amines) is 1. The summed E-state index contributed by atoms with van der Waals surface area (Å²) in [6.45, 7) is 0.698. The number of benzene rings is 1. The van der Waals surface area contributed by atoms with E-state index in [4.69, 9.17) is 14.9 Å². The topological polar surface area (TPSA) is 146 Å². The number of rotatable bonds is 9. The number of amides is 1. The van der Waals surface area contributed by atoms with Crippen LogP contribution in [0.1, 0.15) is 79.8 Å². The van der Waals surface area contributed by atoms with E-state index in [1.54, 1.807) is 17.0 Å². The van der Waals surface area contributed by atoms with E-state index >= 15 is 0 Å². The molecule has 218 valence electrons. The van der Waals surface area contributed by atoms with Crippen LogP contribution >= 0.6 is 0 Å². The SMILES string of the molecule is NS(=O)(=O)c1ccc(S(=O)(=O)CC2CCN(C(=O)c3cc(OOC4CCCCC4)nc(C4CC4)c3)CC2)c(F)c1. The molecule has 3 aliphatic rings. The third-order valence-electron chi connectivity index (χ3n) is 7.81. The molecule has 1 saturated heterocycles. The highest BCUT2D eigenvalue weighted by Crippen LogP contribution is 2.40. The molecular weight excluding hydrogens is 561 g/mol. The van der Waals surface area contributed by atoms with E-state index in [9.17, 15) is 26.0 Å². The van der Waals surface area contributed by atoms with Crippen molar-refractivity contribution in [3.05, 3.63) is 47.4 Å². The van der Waals surface area contributed by atoms with Gasteiger partial charge in [-0.2, -0.15) is 4.89 Å². The molecule has 1 aromatic carbocycles. The Morgan fingerprint density at radius 2 is 1.68 bits per heavy atom. The second kappa shape index (κ2) is 11.7. The molecule has 1 amide bonds. The first-order valence-electron chi connectivity index (χ1n) is 13.7. The van der Waals surface area contributed by atoms with Gasteiger partial charge in [0.1, 0.15) is 16.8 Å². The van der Waals surface area contributed by atoms with E-state index in [1.165, 1.54) is 6.42 Å². The van der Waals surface area contributed by atoms with Crippen molar-refractivity contribution < 1.29 is 35.8 Å². The van der Waals surface area contributed by atoms with Crippen molar-refractivity contribution in [3.63, 3.8) is 0 Å². The second-order valence-corrected chi connectivity index (χ2v) is 14.6. The van der Waals surface area contributed by atoms with Crippen molar-refractivity contribution in [2.45, 2.75) is 79.6 Å². The predicted molar refractivity (Wildman–Crippen MR) is 143 cm³/mol. The quantitative estimate of drug-likeness (QED) is 0.341. The number of carbonyl (C=O) groups is 1. The number of nitrogens with zero attached hydrogens (tertiary/aromatic N) is 2. The fraction of sp³-hybridized carbons (Fsp3) is 0.556. The van der Waals surface area contributed by atoms with Crippen molar-refractivity contribution >= 4 is 25.8 Å². The zero-order valence-electron chi connectivity index (χ0n) is 22.1. The summed E-state index contributed by atoms with van der Waals surface area (Å²) >= 11 is 0. The summed E-state index contributed by atoms with van der Waals surface area (Å²) in [5.41, 5.74) is 1.27. The van der Waals surface area contributed by atoms with Crippen LogP contribution in [-0.4, -0.2) is 57.6 Å². The molecule has 13 heteroatoms. The molecule has 2 saturated carbocycles. The molecule has 5 rings (SSSR count). The molecule has 2 heterocycles. The Bertz CT molecular complexity index is 1460. The summed E-state index contributed by atoms with van der Waals surface area (Å²) < 4.78 is 63.2. The highest BCUT2D eigenvalue weighted by Gasteiger charge is 2.32. The van der Waals surface area contributed by atoms with Crippen LogP contribution in [0.3, 0.4) is 0 Å². The summed E-state index contributed by atoms with van der Waals surface area (Å²) in [4.78, 5) is 29.8. The minimum Gasteiger partial charge on any atom is -0.339 e. The summed E-state index contributed by atoms with van der Waals surface area (Å²) in [6, 6.07) is 5.93. The highest BCUT2D eigenvalue weighted by atomic mass is 32.2. The van der Waals surface area contributed by atoms with Crippen LogP contribution in [0.5, 0.6) is 5.88 Å². The van der Waals surface area contributed by atoms with Gasteiger partial charge in [-0.15, -0.1) is 0 Å². The molecular formula is C27H34FN3O7S2. The number of sulfonamides is 1. The molecule has 0 unspecified atom stereocenters. The first-order chi connectivity index (χ1) is 19.0. The average molecular weight is 596 g/mol. The van der Waals surface area contributed by atoms with Gasteiger partial charge in [0.05, 0.1) is 10.6 Å². The Labute approximate surface area is 233 Å². The smallest absolute Gasteiger partial charge is 0.257 e. The molecule has 40 heavy (non-hydrogen) atoms. The molecule has 1 aromatic heterocycles. The normalized spacial score (nSPS) is 19.5. The number of hydrogen-bond acceptors (Lipinski definition) is 8. The third-order valence-corrected chi connectivity index (χ3v) is 10.6. The molecule has 2 aromatic rings. The van der Waals surface area contributed by atoms with Crippen LogP contribution in [0, 0.1) is 11.7 Å². The maximum Gasteiger partial charge on any atom is 0.257 e. The van der Waals surface area contributed by atoms with Gasteiger partial charge >= 0.3 is 0 Å². The van der Waals surface area contributed by atoms with Gasteiger partial charge in [-0.3, -0.25) is 4.79 Å². The maximum absolute atomic E-state index is 14.5. The van der Waals surface area contributed by atoms with E-state index in [-0.39, 0.29) is 29.6 Å². The van der Waals surface area contributed by atoms with Gasteiger partial charge in [-0.05, 0) is 68.7 Å². The zero-order chi connectivity index (χ0) is 28.5. The van der Waals surface area contributed by atoms with Crippen LogP contribution in [0.25, 0.3) is 0 Å². The Kier molecular flexibility index (Phi) is 8.46. The number of halogens is 1. The number of sulfone groups is 1. The summed E-state index contributed by atoms with van der Waals surface area (Å²) in [5.74, 6) is -1.35. The van der Waals surface area contributed by atoms with Gasteiger partial charge in [0.25, 0.3) is 11.8 Å². The van der Waals surface area contributed by atoms with Gasteiger partial charge in [0.2, 0.25) is 10.0 Å². The van der Waals surface area contributed by atoms with Crippen LogP contribution in [0.4, 0.5) is 4.39 Å². The van der Waals surface area contributed by atoms with Crippen LogP contribution in [-0.2, 0) is 24.7 Å². The lowest BCUT2D eigenvalue weighted by molar-refractivity contribution is -0.253. The van der Waals surface area contributed by atoms with Gasteiger partial charge in [-0.25, -0.2) is 31.3 Å². The lowest BCUT2D eigenvalue weighted by atomic mass is 9.98. The number of hydrogen-bond donors (Lipinski definition) is 1. The molecule has 1 aliphatic heterocycles. The number of piperidine rings is 1. The molecule has 2 N–H and O–H groups in total. The van der Waals surface area contributed by atoms with Crippen molar-refractivity contribution in [3.8, 4) is 5.88 Å².